The number of carboxylic acid groups (broad SMARTS) is 1. The Balaban J connectivity index is 1.82. The molecule has 0 aromatic carbocycles. The standard InChI is InChI=1S/C11H11F3N4O2/c12-11(13,14)8-1-2-15-9(16-8)17-4-7-3-6(17)5-18(7)10(19)20/h1-2,6-7H,3-5H2,(H,19,20)/t6-,7-/m0/s1. The third-order valence-corrected chi connectivity index (χ3v) is 3.68. The van der Waals surface area contributed by atoms with Crippen LogP contribution < -0.4 is 4.90 Å². The monoisotopic (exact) mass is 288 g/mol. The topological polar surface area (TPSA) is 69.6 Å². The molecular formula is C11H11F3N4O2. The maximum atomic E-state index is 12.6. The van der Waals surface area contributed by atoms with Crippen LogP contribution in [0.3, 0.4) is 0 Å². The summed E-state index contributed by atoms with van der Waals surface area (Å²) in [5.41, 5.74) is -0.986. The van der Waals surface area contributed by atoms with E-state index in [9.17, 15) is 18.0 Å². The highest BCUT2D eigenvalue weighted by molar-refractivity contribution is 5.67. The van der Waals surface area contributed by atoms with Crippen molar-refractivity contribution < 1.29 is 23.1 Å². The van der Waals surface area contributed by atoms with E-state index in [0.29, 0.717) is 13.0 Å². The number of aromatic nitrogens is 2. The molecule has 6 nitrogen and oxygen atoms in total. The first-order valence-electron chi connectivity index (χ1n) is 6.02. The van der Waals surface area contributed by atoms with Gasteiger partial charge in [0.2, 0.25) is 5.95 Å². The van der Waals surface area contributed by atoms with Gasteiger partial charge in [-0.3, -0.25) is 0 Å². The number of rotatable bonds is 1. The maximum Gasteiger partial charge on any atom is 0.433 e. The number of nitrogens with zero attached hydrogens (tertiary/aromatic N) is 4. The Bertz CT molecular complexity index is 551. The summed E-state index contributed by atoms with van der Waals surface area (Å²) < 4.78 is 37.8. The molecule has 2 aliphatic heterocycles. The average Bonchev–Trinajstić information content (AvgIpc) is 2.97. The summed E-state index contributed by atoms with van der Waals surface area (Å²) in [5, 5.41) is 8.97. The van der Waals surface area contributed by atoms with Gasteiger partial charge >= 0.3 is 12.3 Å². The minimum Gasteiger partial charge on any atom is -0.465 e. The van der Waals surface area contributed by atoms with Crippen molar-refractivity contribution in [2.24, 2.45) is 0 Å². The van der Waals surface area contributed by atoms with E-state index in [4.69, 9.17) is 5.11 Å². The van der Waals surface area contributed by atoms with Crippen molar-refractivity contribution >= 4 is 12.0 Å². The highest BCUT2D eigenvalue weighted by atomic mass is 19.4. The van der Waals surface area contributed by atoms with Crippen LogP contribution in [0.2, 0.25) is 0 Å². The van der Waals surface area contributed by atoms with Crippen LogP contribution in [0.4, 0.5) is 23.9 Å². The minimum atomic E-state index is -4.51. The zero-order chi connectivity index (χ0) is 14.5. The molecule has 9 heteroatoms. The average molecular weight is 288 g/mol. The lowest BCUT2D eigenvalue weighted by Gasteiger charge is -2.32. The van der Waals surface area contributed by atoms with Crippen LogP contribution in [0.5, 0.6) is 0 Å². The Morgan fingerprint density at radius 1 is 1.35 bits per heavy atom. The van der Waals surface area contributed by atoms with E-state index in [1.165, 1.54) is 4.90 Å². The summed E-state index contributed by atoms with van der Waals surface area (Å²) in [6.45, 7) is 0.609. The first kappa shape index (κ1) is 12.9. The van der Waals surface area contributed by atoms with Crippen LogP contribution in [0.25, 0.3) is 0 Å². The Morgan fingerprint density at radius 3 is 2.65 bits per heavy atom. The van der Waals surface area contributed by atoms with Gasteiger partial charge in [-0.05, 0) is 12.5 Å². The van der Waals surface area contributed by atoms with Crippen LogP contribution in [-0.2, 0) is 6.18 Å². The Morgan fingerprint density at radius 2 is 2.10 bits per heavy atom. The van der Waals surface area contributed by atoms with Gasteiger partial charge in [-0.2, -0.15) is 13.2 Å². The molecule has 2 aliphatic rings. The van der Waals surface area contributed by atoms with E-state index >= 15 is 0 Å². The second kappa shape index (κ2) is 4.22. The first-order valence-corrected chi connectivity index (χ1v) is 6.02. The Kier molecular flexibility index (Phi) is 2.73. The smallest absolute Gasteiger partial charge is 0.433 e. The van der Waals surface area contributed by atoms with Gasteiger partial charge in [0.05, 0.1) is 12.1 Å². The molecule has 2 fully saturated rings. The van der Waals surface area contributed by atoms with Gasteiger partial charge in [-0.25, -0.2) is 14.8 Å². The van der Waals surface area contributed by atoms with E-state index < -0.39 is 18.0 Å². The predicted molar refractivity (Wildman–Crippen MR) is 61.3 cm³/mol. The van der Waals surface area contributed by atoms with Crippen molar-refractivity contribution in [3.63, 3.8) is 0 Å². The maximum absolute atomic E-state index is 12.6. The fourth-order valence-corrected chi connectivity index (χ4v) is 2.79. The summed E-state index contributed by atoms with van der Waals surface area (Å²) in [5.74, 6) is 0.0114. The number of amides is 1. The third kappa shape index (κ3) is 2.02. The van der Waals surface area contributed by atoms with Crippen molar-refractivity contribution in [1.82, 2.24) is 14.9 Å². The molecule has 2 bridgehead atoms. The van der Waals surface area contributed by atoms with Gasteiger partial charge in [-0.15, -0.1) is 0 Å². The van der Waals surface area contributed by atoms with Crippen LogP contribution >= 0.6 is 0 Å². The fraction of sp³-hybridized carbons (Fsp3) is 0.545. The highest BCUT2D eigenvalue weighted by Crippen LogP contribution is 2.34. The van der Waals surface area contributed by atoms with Crippen molar-refractivity contribution in [1.29, 1.82) is 0 Å². The zero-order valence-electron chi connectivity index (χ0n) is 10.2. The molecule has 1 N–H and O–H groups in total. The molecule has 2 saturated heterocycles. The van der Waals surface area contributed by atoms with Crippen molar-refractivity contribution in [3.8, 4) is 0 Å². The number of carbonyl (C=O) groups is 1. The quantitative estimate of drug-likeness (QED) is 0.846. The number of alkyl halides is 3. The molecule has 3 rings (SSSR count). The van der Waals surface area contributed by atoms with E-state index in [0.717, 1.165) is 12.3 Å². The highest BCUT2D eigenvalue weighted by Gasteiger charge is 2.46. The lowest BCUT2D eigenvalue weighted by atomic mass is 10.2. The SMILES string of the molecule is O=C(O)N1C[C@@H]2C[C@H]1CN2c1nccc(C(F)(F)F)n1. The van der Waals surface area contributed by atoms with Gasteiger partial charge in [0, 0.05) is 19.3 Å². The van der Waals surface area contributed by atoms with Crippen LogP contribution in [0, 0.1) is 0 Å². The minimum absolute atomic E-state index is 0.0114. The normalized spacial score (nSPS) is 25.4. The van der Waals surface area contributed by atoms with E-state index in [2.05, 4.69) is 9.97 Å². The summed E-state index contributed by atoms with van der Waals surface area (Å²) in [6.07, 6.45) is -3.83. The molecule has 2 atom stereocenters. The Hall–Kier alpha value is -2.06. The second-order valence-electron chi connectivity index (χ2n) is 4.87. The van der Waals surface area contributed by atoms with Gasteiger partial charge < -0.3 is 14.9 Å². The molecule has 0 aliphatic carbocycles. The number of hydrogen-bond donors (Lipinski definition) is 1. The number of anilines is 1. The van der Waals surface area contributed by atoms with E-state index in [-0.39, 0.29) is 24.6 Å². The van der Waals surface area contributed by atoms with Gasteiger partial charge in [0.1, 0.15) is 5.69 Å². The van der Waals surface area contributed by atoms with Crippen LogP contribution in [-0.4, -0.2) is 51.2 Å². The van der Waals surface area contributed by atoms with Crippen molar-refractivity contribution in [2.75, 3.05) is 18.0 Å². The zero-order valence-corrected chi connectivity index (χ0v) is 10.2. The van der Waals surface area contributed by atoms with Crippen LogP contribution in [0.1, 0.15) is 12.1 Å². The fourth-order valence-electron chi connectivity index (χ4n) is 2.79. The number of likely N-dealkylation sites (tertiary alicyclic amines) is 1. The summed E-state index contributed by atoms with van der Waals surface area (Å²) >= 11 is 0. The lowest BCUT2D eigenvalue weighted by Crippen LogP contribution is -2.49. The molecule has 20 heavy (non-hydrogen) atoms. The molecule has 0 saturated carbocycles. The van der Waals surface area contributed by atoms with Crippen molar-refractivity contribution in [2.45, 2.75) is 24.7 Å². The molecule has 0 spiro atoms. The van der Waals surface area contributed by atoms with E-state index in [1.807, 2.05) is 0 Å². The molecule has 3 heterocycles. The lowest BCUT2D eigenvalue weighted by molar-refractivity contribution is -0.141. The summed E-state index contributed by atoms with van der Waals surface area (Å²) in [4.78, 5) is 21.3. The molecule has 1 aromatic heterocycles. The van der Waals surface area contributed by atoms with Gasteiger partial charge in [0.25, 0.3) is 0 Å². The molecule has 0 unspecified atom stereocenters. The van der Waals surface area contributed by atoms with Gasteiger partial charge in [-0.1, -0.05) is 0 Å². The molecule has 108 valence electrons. The largest absolute Gasteiger partial charge is 0.465 e. The molecule has 1 amide bonds. The number of fused-ring (bicyclic) bond motifs is 2. The van der Waals surface area contributed by atoms with Crippen LogP contribution in [0.15, 0.2) is 12.3 Å². The summed E-state index contributed by atoms with van der Waals surface area (Å²) in [7, 11) is 0. The molecular weight excluding hydrogens is 277 g/mol. The third-order valence-electron chi connectivity index (χ3n) is 3.68. The number of hydrogen-bond acceptors (Lipinski definition) is 4. The summed E-state index contributed by atoms with van der Waals surface area (Å²) in [6, 6.07) is 0.469. The van der Waals surface area contributed by atoms with E-state index in [1.54, 1.807) is 4.90 Å². The van der Waals surface area contributed by atoms with Crippen molar-refractivity contribution in [3.05, 3.63) is 18.0 Å². The second-order valence-corrected chi connectivity index (χ2v) is 4.87. The predicted octanol–water partition coefficient (Wildman–Crippen LogP) is 1.44. The number of piperazine rings is 1. The van der Waals surface area contributed by atoms with Gasteiger partial charge in [0.15, 0.2) is 0 Å². The molecule has 1 aromatic rings. The number of halogens is 3. The Labute approximate surface area is 111 Å². The first-order chi connectivity index (χ1) is 9.36. The molecule has 0 radical (unpaired) electrons.